The average molecular weight is 329 g/mol. The molecule has 1 fully saturated rings. The number of aromatic nitrogens is 3. The number of hydrogen-bond acceptors (Lipinski definition) is 5. The van der Waals surface area contributed by atoms with Crippen LogP contribution in [0.3, 0.4) is 0 Å². The maximum atomic E-state index is 9.72. The molecule has 0 atom stereocenters. The van der Waals surface area contributed by atoms with Crippen LogP contribution in [0, 0.1) is 19.5 Å². The number of aryl methyl sites for hydroxylation is 1. The van der Waals surface area contributed by atoms with E-state index in [9.17, 15) is 5.11 Å². The van der Waals surface area contributed by atoms with Crippen molar-refractivity contribution < 1.29 is 39.8 Å². The Morgan fingerprint density at radius 2 is 2.00 bits per heavy atom. The van der Waals surface area contributed by atoms with Gasteiger partial charge in [0, 0.05) is 10.6 Å². The molecule has 1 saturated carbocycles. The van der Waals surface area contributed by atoms with Gasteiger partial charge in [0.2, 0.25) is 0 Å². The van der Waals surface area contributed by atoms with Crippen LogP contribution in [0.25, 0.3) is 11.4 Å². The van der Waals surface area contributed by atoms with Crippen molar-refractivity contribution in [1.82, 2.24) is 15.2 Å². The van der Waals surface area contributed by atoms with Crippen LogP contribution in [0.1, 0.15) is 25.3 Å². The summed E-state index contributed by atoms with van der Waals surface area (Å²) in [6.45, 7) is 3.67. The Bertz CT molecular complexity index is 594. The number of benzene rings is 1. The first kappa shape index (κ1) is 19.3. The van der Waals surface area contributed by atoms with Gasteiger partial charge >= 0.3 is 29.6 Å². The molecule has 2 N–H and O–H groups in total. The van der Waals surface area contributed by atoms with Gasteiger partial charge < -0.3 is 27.9 Å². The Kier molecular flexibility index (Phi) is 7.22. The van der Waals surface area contributed by atoms with Crippen LogP contribution in [0.4, 0.5) is 0 Å². The zero-order valence-electron chi connectivity index (χ0n) is 12.8. The zero-order chi connectivity index (χ0) is 15.5. The number of phenols is 1. The maximum Gasteiger partial charge on any atom is 1.00 e. The van der Waals surface area contributed by atoms with Crippen LogP contribution in [0.5, 0.6) is 5.75 Å². The fraction of sp³-hybridized carbons (Fsp3) is 0.333. The molecule has 0 bridgehead atoms. The number of rotatable bonds is 1. The molecule has 1 aliphatic carbocycles. The van der Waals surface area contributed by atoms with Crippen LogP contribution in [0.2, 0.25) is 5.02 Å². The number of phenolic OH excluding ortho intramolecular Hbond substituents is 1. The molecule has 0 radical (unpaired) electrons. The van der Waals surface area contributed by atoms with Gasteiger partial charge in [-0.1, -0.05) is 11.6 Å². The van der Waals surface area contributed by atoms with Crippen molar-refractivity contribution in [2.24, 2.45) is 0 Å². The van der Waals surface area contributed by atoms with E-state index < -0.39 is 0 Å². The first-order valence-corrected chi connectivity index (χ1v) is 6.86. The van der Waals surface area contributed by atoms with E-state index in [0.717, 1.165) is 18.4 Å². The normalized spacial score (nSPS) is 14.9. The molecule has 22 heavy (non-hydrogen) atoms. The molecular weight excluding hydrogens is 313 g/mol. The molecule has 1 aromatic carbocycles. The molecule has 0 amide bonds. The molecule has 3 rings (SSSR count). The standard InChI is InChI=1S/C10H7ClN3O.C5H9O.Na/c1-6-4-7(11)5-8(15)9(6)10-12-2-3-13-14-10;1-5(6)3-2-4-5;/h2,4-5,15H,1H3;2,6H,3-4H2,1H3;/q2*-1;+1. The Morgan fingerprint density at radius 1 is 1.36 bits per heavy atom. The number of nitrogens with zero attached hydrogens (tertiary/aromatic N) is 3. The topological polar surface area (TPSA) is 79.1 Å². The third-order valence-corrected chi connectivity index (χ3v) is 3.34. The van der Waals surface area contributed by atoms with Gasteiger partial charge in [0.05, 0.1) is 5.56 Å². The molecule has 0 saturated heterocycles. The van der Waals surface area contributed by atoms with Gasteiger partial charge in [-0.15, -0.1) is 6.20 Å². The van der Waals surface area contributed by atoms with E-state index in [4.69, 9.17) is 16.7 Å². The second-order valence-corrected chi connectivity index (χ2v) is 5.66. The number of aromatic hydroxyl groups is 1. The second-order valence-electron chi connectivity index (χ2n) is 5.22. The Hall–Kier alpha value is -0.720. The summed E-state index contributed by atoms with van der Waals surface area (Å²) in [5, 5.41) is 26.4. The van der Waals surface area contributed by atoms with Gasteiger partial charge in [0.25, 0.3) is 0 Å². The largest absolute Gasteiger partial charge is 1.00 e. The van der Waals surface area contributed by atoms with Gasteiger partial charge in [-0.25, -0.2) is 0 Å². The predicted octanol–water partition coefficient (Wildman–Crippen LogP) is -0.254. The van der Waals surface area contributed by atoms with Crippen LogP contribution in [-0.4, -0.2) is 31.0 Å². The third kappa shape index (κ3) is 5.18. The van der Waals surface area contributed by atoms with E-state index in [-0.39, 0.29) is 40.9 Å². The van der Waals surface area contributed by atoms with Gasteiger partial charge in [-0.2, -0.15) is 17.9 Å². The summed E-state index contributed by atoms with van der Waals surface area (Å²) < 4.78 is 0. The molecule has 0 aliphatic heterocycles. The van der Waals surface area contributed by atoms with E-state index in [1.165, 1.54) is 12.3 Å². The monoisotopic (exact) mass is 328 g/mol. The number of aliphatic hydroxyl groups is 1. The first-order valence-electron chi connectivity index (χ1n) is 6.48. The van der Waals surface area contributed by atoms with Gasteiger partial charge in [0.1, 0.15) is 5.75 Å². The van der Waals surface area contributed by atoms with Crippen LogP contribution in [0.15, 0.2) is 18.3 Å². The average Bonchev–Trinajstić information content (AvgIpc) is 2.38. The van der Waals surface area contributed by atoms with Crippen LogP contribution in [-0.2, 0) is 0 Å². The first-order chi connectivity index (χ1) is 9.89. The summed E-state index contributed by atoms with van der Waals surface area (Å²) in [6.07, 6.45) is 7.72. The summed E-state index contributed by atoms with van der Waals surface area (Å²) in [5.41, 5.74) is 1.01. The smallest absolute Gasteiger partial charge is 0.507 e. The molecule has 1 aromatic heterocycles. The minimum atomic E-state index is -0.333. The SMILES string of the molecule is CC1(O)C[CH-]C1.Cc1cc(Cl)cc(O)c1-c1nc[c-]nn1.[Na+]. The van der Waals surface area contributed by atoms with E-state index in [0.29, 0.717) is 16.4 Å². The molecular formula is C15H16ClN3NaO2-. The number of hydrogen-bond donors (Lipinski definition) is 2. The van der Waals surface area contributed by atoms with Crippen molar-refractivity contribution in [2.45, 2.75) is 32.3 Å². The van der Waals surface area contributed by atoms with Crippen molar-refractivity contribution >= 4 is 11.6 Å². The summed E-state index contributed by atoms with van der Waals surface area (Å²) >= 11 is 5.79. The molecule has 0 unspecified atom stereocenters. The molecule has 1 heterocycles. The summed E-state index contributed by atoms with van der Waals surface area (Å²) in [7, 11) is 0. The summed E-state index contributed by atoms with van der Waals surface area (Å²) in [5.74, 6) is 0.411. The molecule has 7 heteroatoms. The third-order valence-electron chi connectivity index (χ3n) is 3.12. The minimum Gasteiger partial charge on any atom is -0.507 e. The molecule has 1 aliphatic rings. The molecule has 5 nitrogen and oxygen atoms in total. The van der Waals surface area contributed by atoms with Crippen molar-refractivity contribution in [1.29, 1.82) is 0 Å². The summed E-state index contributed by atoms with van der Waals surface area (Å²) in [6, 6.07) is 3.18. The van der Waals surface area contributed by atoms with E-state index in [1.54, 1.807) is 6.07 Å². The molecule has 2 aromatic rings. The molecule has 0 spiro atoms. The van der Waals surface area contributed by atoms with E-state index >= 15 is 0 Å². The number of halogens is 1. The Balaban J connectivity index is 0.000000293. The second kappa shape index (κ2) is 8.22. The van der Waals surface area contributed by atoms with Crippen molar-refractivity contribution in [3.05, 3.63) is 41.5 Å². The van der Waals surface area contributed by atoms with Crippen molar-refractivity contribution in [2.75, 3.05) is 0 Å². The van der Waals surface area contributed by atoms with E-state index in [2.05, 4.69) is 27.8 Å². The van der Waals surface area contributed by atoms with Crippen molar-refractivity contribution in [3.8, 4) is 17.1 Å². The fourth-order valence-electron chi connectivity index (χ4n) is 1.91. The predicted molar refractivity (Wildman–Crippen MR) is 79.7 cm³/mol. The van der Waals surface area contributed by atoms with Gasteiger partial charge in [-0.3, -0.25) is 4.98 Å². The van der Waals surface area contributed by atoms with Crippen LogP contribution < -0.4 is 29.6 Å². The van der Waals surface area contributed by atoms with Gasteiger partial charge in [0.15, 0.2) is 5.82 Å². The Labute approximate surface area is 157 Å². The van der Waals surface area contributed by atoms with Crippen LogP contribution >= 0.6 is 11.6 Å². The zero-order valence-corrected chi connectivity index (χ0v) is 15.6. The minimum absolute atomic E-state index is 0. The quantitative estimate of drug-likeness (QED) is 0.557. The van der Waals surface area contributed by atoms with Crippen molar-refractivity contribution in [3.63, 3.8) is 0 Å². The fourth-order valence-corrected chi connectivity index (χ4v) is 2.18. The Morgan fingerprint density at radius 3 is 2.41 bits per heavy atom. The van der Waals surface area contributed by atoms with E-state index in [1.807, 2.05) is 13.8 Å². The summed E-state index contributed by atoms with van der Waals surface area (Å²) in [4.78, 5) is 3.97. The van der Waals surface area contributed by atoms with Gasteiger partial charge in [-0.05, 0) is 31.5 Å². The molecule has 112 valence electrons. The maximum absolute atomic E-state index is 9.72.